The van der Waals surface area contributed by atoms with E-state index in [9.17, 15) is 20.4 Å². The average molecular weight is 292 g/mol. The summed E-state index contributed by atoms with van der Waals surface area (Å²) in [6.07, 6.45) is 0. The lowest BCUT2D eigenvalue weighted by molar-refractivity contribution is 0.404. The van der Waals surface area contributed by atoms with E-state index in [1.54, 1.807) is 0 Å². The summed E-state index contributed by atoms with van der Waals surface area (Å²) < 4.78 is 0. The lowest BCUT2D eigenvalue weighted by Crippen LogP contribution is -1.84. The zero-order chi connectivity index (χ0) is 15.4. The van der Waals surface area contributed by atoms with Crippen molar-refractivity contribution in [2.24, 2.45) is 0 Å². The Labute approximate surface area is 125 Å². The maximum atomic E-state index is 9.81. The second kappa shape index (κ2) is 4.18. The monoisotopic (exact) mass is 292 g/mol. The molecule has 0 fully saturated rings. The SMILES string of the molecule is Oc1cc2c3ccccc3c3cc(O)c(O)cc3c2cc1O. The van der Waals surface area contributed by atoms with Gasteiger partial charge in [-0.2, -0.15) is 0 Å². The van der Waals surface area contributed by atoms with E-state index in [2.05, 4.69) is 0 Å². The maximum absolute atomic E-state index is 9.81. The van der Waals surface area contributed by atoms with Crippen LogP contribution in [0.5, 0.6) is 23.0 Å². The van der Waals surface area contributed by atoms with Gasteiger partial charge in [0.25, 0.3) is 0 Å². The molecule has 0 unspecified atom stereocenters. The molecule has 4 N–H and O–H groups in total. The van der Waals surface area contributed by atoms with Crippen LogP contribution in [0.1, 0.15) is 0 Å². The first-order valence-corrected chi connectivity index (χ1v) is 6.78. The molecule has 4 aromatic carbocycles. The van der Waals surface area contributed by atoms with Crippen molar-refractivity contribution in [1.29, 1.82) is 0 Å². The minimum atomic E-state index is -0.225. The van der Waals surface area contributed by atoms with Crippen LogP contribution >= 0.6 is 0 Å². The van der Waals surface area contributed by atoms with E-state index in [1.165, 1.54) is 24.3 Å². The normalized spacial score (nSPS) is 11.5. The van der Waals surface area contributed by atoms with Crippen LogP contribution in [0.3, 0.4) is 0 Å². The highest BCUT2D eigenvalue weighted by Gasteiger charge is 2.13. The van der Waals surface area contributed by atoms with Crippen molar-refractivity contribution in [3.05, 3.63) is 48.5 Å². The molecule has 0 saturated heterocycles. The molecule has 0 aliphatic rings. The van der Waals surface area contributed by atoms with E-state index < -0.39 is 0 Å². The zero-order valence-corrected chi connectivity index (χ0v) is 11.4. The van der Waals surface area contributed by atoms with Crippen molar-refractivity contribution in [2.75, 3.05) is 0 Å². The smallest absolute Gasteiger partial charge is 0.158 e. The molecule has 0 amide bonds. The van der Waals surface area contributed by atoms with Crippen LogP contribution < -0.4 is 0 Å². The second-order valence-corrected chi connectivity index (χ2v) is 5.32. The third-order valence-electron chi connectivity index (χ3n) is 4.03. The molecule has 0 heterocycles. The Balaban J connectivity index is 2.40. The number of phenolic OH excluding ortho intramolecular Hbond substituents is 4. The second-order valence-electron chi connectivity index (χ2n) is 5.32. The Kier molecular flexibility index (Phi) is 2.39. The van der Waals surface area contributed by atoms with Crippen LogP contribution in [0.2, 0.25) is 0 Å². The van der Waals surface area contributed by atoms with Crippen molar-refractivity contribution in [3.8, 4) is 23.0 Å². The zero-order valence-electron chi connectivity index (χ0n) is 11.4. The summed E-state index contributed by atoms with van der Waals surface area (Å²) in [5.41, 5.74) is 0. The van der Waals surface area contributed by atoms with Gasteiger partial charge in [0.2, 0.25) is 0 Å². The molecule has 4 heteroatoms. The molecule has 4 aromatic rings. The van der Waals surface area contributed by atoms with Gasteiger partial charge in [-0.05, 0) is 56.6 Å². The summed E-state index contributed by atoms with van der Waals surface area (Å²) in [6.45, 7) is 0. The lowest BCUT2D eigenvalue weighted by Gasteiger charge is -2.12. The van der Waals surface area contributed by atoms with E-state index in [-0.39, 0.29) is 23.0 Å². The van der Waals surface area contributed by atoms with Crippen LogP contribution in [0.15, 0.2) is 48.5 Å². The minimum Gasteiger partial charge on any atom is -0.504 e. The number of benzene rings is 4. The van der Waals surface area contributed by atoms with Crippen LogP contribution in [-0.2, 0) is 0 Å². The topological polar surface area (TPSA) is 80.9 Å². The summed E-state index contributed by atoms with van der Waals surface area (Å²) in [5.74, 6) is -0.840. The number of phenols is 4. The Hall–Kier alpha value is -3.14. The van der Waals surface area contributed by atoms with Gasteiger partial charge in [0.05, 0.1) is 0 Å². The summed E-state index contributed by atoms with van der Waals surface area (Å²) in [5, 5.41) is 43.9. The van der Waals surface area contributed by atoms with Crippen molar-refractivity contribution >= 4 is 32.3 Å². The Bertz CT molecular complexity index is 981. The molecule has 0 aromatic heterocycles. The highest BCUT2D eigenvalue weighted by Crippen LogP contribution is 2.42. The number of rotatable bonds is 0. The van der Waals surface area contributed by atoms with E-state index in [1.807, 2.05) is 24.3 Å². The van der Waals surface area contributed by atoms with Gasteiger partial charge < -0.3 is 20.4 Å². The van der Waals surface area contributed by atoms with Crippen LogP contribution in [-0.4, -0.2) is 20.4 Å². The van der Waals surface area contributed by atoms with E-state index in [4.69, 9.17) is 0 Å². The predicted molar refractivity (Wildman–Crippen MR) is 85.6 cm³/mol. The summed E-state index contributed by atoms with van der Waals surface area (Å²) in [7, 11) is 0. The third kappa shape index (κ3) is 1.58. The number of hydrogen-bond acceptors (Lipinski definition) is 4. The Morgan fingerprint density at radius 2 is 0.682 bits per heavy atom. The number of aromatic hydroxyl groups is 4. The highest BCUT2D eigenvalue weighted by atomic mass is 16.3. The molecular weight excluding hydrogens is 280 g/mol. The predicted octanol–water partition coefficient (Wildman–Crippen LogP) is 3.97. The van der Waals surface area contributed by atoms with E-state index in [0.717, 1.165) is 21.5 Å². The fraction of sp³-hybridized carbons (Fsp3) is 0. The van der Waals surface area contributed by atoms with Gasteiger partial charge in [-0.15, -0.1) is 0 Å². The fourth-order valence-electron chi connectivity index (χ4n) is 3.00. The molecule has 0 aliphatic carbocycles. The first-order chi connectivity index (χ1) is 10.6. The molecule has 0 bridgehead atoms. The van der Waals surface area contributed by atoms with Crippen molar-refractivity contribution in [1.82, 2.24) is 0 Å². The third-order valence-corrected chi connectivity index (χ3v) is 4.03. The van der Waals surface area contributed by atoms with Crippen molar-refractivity contribution < 1.29 is 20.4 Å². The minimum absolute atomic E-state index is 0.194. The summed E-state index contributed by atoms with van der Waals surface area (Å²) in [4.78, 5) is 0. The first-order valence-electron chi connectivity index (χ1n) is 6.78. The highest BCUT2D eigenvalue weighted by molar-refractivity contribution is 6.26. The fourth-order valence-corrected chi connectivity index (χ4v) is 3.00. The lowest BCUT2D eigenvalue weighted by atomic mass is 9.93. The van der Waals surface area contributed by atoms with Crippen LogP contribution in [0.4, 0.5) is 0 Å². The van der Waals surface area contributed by atoms with Gasteiger partial charge in [-0.1, -0.05) is 24.3 Å². The van der Waals surface area contributed by atoms with E-state index >= 15 is 0 Å². The number of hydrogen-bond donors (Lipinski definition) is 4. The molecule has 0 radical (unpaired) electrons. The van der Waals surface area contributed by atoms with Crippen LogP contribution in [0, 0.1) is 0 Å². The molecule has 0 aliphatic heterocycles. The Morgan fingerprint density at radius 1 is 0.409 bits per heavy atom. The van der Waals surface area contributed by atoms with Gasteiger partial charge >= 0.3 is 0 Å². The molecule has 0 spiro atoms. The molecule has 22 heavy (non-hydrogen) atoms. The van der Waals surface area contributed by atoms with Gasteiger partial charge in [-0.3, -0.25) is 0 Å². The Morgan fingerprint density at radius 3 is 1.00 bits per heavy atom. The summed E-state index contributed by atoms with van der Waals surface area (Å²) in [6, 6.07) is 13.6. The quantitative estimate of drug-likeness (QED) is 0.292. The standard InChI is InChI=1S/C18H12O4/c19-15-5-11-9-3-1-2-4-10(9)12-6-16(20)18(22)8-14(12)13(11)7-17(15)21/h1-8,19-22H. The van der Waals surface area contributed by atoms with Gasteiger partial charge in [0.15, 0.2) is 23.0 Å². The first kappa shape index (κ1) is 12.6. The van der Waals surface area contributed by atoms with Gasteiger partial charge in [-0.25, -0.2) is 0 Å². The summed E-state index contributed by atoms with van der Waals surface area (Å²) >= 11 is 0. The van der Waals surface area contributed by atoms with Crippen molar-refractivity contribution in [2.45, 2.75) is 0 Å². The van der Waals surface area contributed by atoms with Gasteiger partial charge in [0, 0.05) is 0 Å². The van der Waals surface area contributed by atoms with Crippen LogP contribution in [0.25, 0.3) is 32.3 Å². The maximum Gasteiger partial charge on any atom is 0.158 e. The molecule has 4 nitrogen and oxygen atoms in total. The molecular formula is C18H12O4. The number of fused-ring (bicyclic) bond motifs is 6. The van der Waals surface area contributed by atoms with Gasteiger partial charge in [0.1, 0.15) is 0 Å². The molecule has 0 atom stereocenters. The largest absolute Gasteiger partial charge is 0.504 e. The van der Waals surface area contributed by atoms with E-state index in [0.29, 0.717) is 10.8 Å². The molecule has 108 valence electrons. The van der Waals surface area contributed by atoms with Crippen molar-refractivity contribution in [3.63, 3.8) is 0 Å². The molecule has 0 saturated carbocycles. The molecule has 4 rings (SSSR count). The average Bonchev–Trinajstić information content (AvgIpc) is 2.51.